The van der Waals surface area contributed by atoms with Gasteiger partial charge in [0.05, 0.1) is 17.7 Å². The van der Waals surface area contributed by atoms with E-state index in [1.165, 1.54) is 0 Å². The van der Waals surface area contributed by atoms with Crippen LogP contribution in [0.25, 0.3) is 0 Å². The van der Waals surface area contributed by atoms with Crippen LogP contribution in [0.15, 0.2) is 30.6 Å². The van der Waals surface area contributed by atoms with Gasteiger partial charge in [-0.25, -0.2) is 9.97 Å². The van der Waals surface area contributed by atoms with Crippen LogP contribution >= 0.6 is 11.6 Å². The van der Waals surface area contributed by atoms with Gasteiger partial charge in [0.15, 0.2) is 0 Å². The van der Waals surface area contributed by atoms with E-state index in [4.69, 9.17) is 11.6 Å². The van der Waals surface area contributed by atoms with Crippen molar-refractivity contribution in [2.45, 2.75) is 51.0 Å². The zero-order valence-electron chi connectivity index (χ0n) is 19.5. The second-order valence-electron chi connectivity index (χ2n) is 9.12. The first-order chi connectivity index (χ1) is 16.0. The first-order valence-electron chi connectivity index (χ1n) is 12.0. The van der Waals surface area contributed by atoms with Crippen molar-refractivity contribution in [3.8, 4) is 0 Å². The van der Waals surface area contributed by atoms with E-state index in [9.17, 15) is 9.90 Å². The van der Waals surface area contributed by atoms with Gasteiger partial charge in [-0.2, -0.15) is 0 Å². The molecule has 2 aliphatic rings. The Morgan fingerprint density at radius 2 is 1.94 bits per heavy atom. The minimum atomic E-state index is -0.514. The van der Waals surface area contributed by atoms with Crippen LogP contribution in [-0.2, 0) is 4.79 Å². The van der Waals surface area contributed by atoms with Crippen LogP contribution in [0, 0.1) is 0 Å². The van der Waals surface area contributed by atoms with Gasteiger partial charge in [0.2, 0.25) is 5.91 Å². The minimum Gasteiger partial charge on any atom is -0.387 e. The Morgan fingerprint density at radius 3 is 2.64 bits per heavy atom. The number of halogens is 1. The molecule has 4 rings (SSSR count). The van der Waals surface area contributed by atoms with Crippen molar-refractivity contribution < 1.29 is 9.90 Å². The number of aliphatic hydroxyl groups excluding tert-OH is 1. The van der Waals surface area contributed by atoms with Gasteiger partial charge in [0.25, 0.3) is 0 Å². The van der Waals surface area contributed by atoms with Gasteiger partial charge in [-0.05, 0) is 43.0 Å². The summed E-state index contributed by atoms with van der Waals surface area (Å²) in [6.07, 6.45) is 3.94. The molecule has 1 aromatic carbocycles. The van der Waals surface area contributed by atoms with Gasteiger partial charge in [0.1, 0.15) is 12.1 Å². The van der Waals surface area contributed by atoms with E-state index in [2.05, 4.69) is 34.0 Å². The largest absolute Gasteiger partial charge is 0.387 e. The molecule has 7 nitrogen and oxygen atoms in total. The highest BCUT2D eigenvalue weighted by Crippen LogP contribution is 2.42. The van der Waals surface area contributed by atoms with Gasteiger partial charge in [-0.1, -0.05) is 44.0 Å². The van der Waals surface area contributed by atoms with Crippen LogP contribution in [0.5, 0.6) is 0 Å². The quantitative estimate of drug-likeness (QED) is 0.573. The highest BCUT2D eigenvalue weighted by molar-refractivity contribution is 6.30. The highest BCUT2D eigenvalue weighted by atomic mass is 35.5. The fourth-order valence-corrected chi connectivity index (χ4v) is 5.03. The molecule has 3 atom stereocenters. The van der Waals surface area contributed by atoms with Gasteiger partial charge in [-0.3, -0.25) is 4.79 Å². The standard InChI is InChI=1S/C25H34ClN5O2/c1-3-4-9-27-15-20(18-5-7-19(26)8-6-18)25(33)31-12-10-30(11-13-31)24-22-17(2)14-21(32)23(22)28-16-29-24/h5-8,16-17,20-21,27,32H,3-4,9-15H2,1-2H3/t17-,20?,21-/m1/s1. The average Bonchev–Trinajstić information content (AvgIpc) is 3.13. The van der Waals surface area contributed by atoms with Crippen LogP contribution < -0.4 is 10.2 Å². The van der Waals surface area contributed by atoms with Crippen LogP contribution in [0.4, 0.5) is 5.82 Å². The molecule has 0 radical (unpaired) electrons. The number of aromatic nitrogens is 2. The Kier molecular flexibility index (Phi) is 7.83. The number of hydrogen-bond donors (Lipinski definition) is 2. The van der Waals surface area contributed by atoms with Crippen molar-refractivity contribution in [1.82, 2.24) is 20.2 Å². The molecular formula is C25H34ClN5O2. The van der Waals surface area contributed by atoms with Crippen LogP contribution in [-0.4, -0.2) is 65.2 Å². The van der Waals surface area contributed by atoms with Gasteiger partial charge in [0, 0.05) is 43.3 Å². The normalized spacial score (nSPS) is 21.2. The van der Waals surface area contributed by atoms with E-state index in [1.807, 2.05) is 29.2 Å². The van der Waals surface area contributed by atoms with Gasteiger partial charge < -0.3 is 20.2 Å². The number of rotatable bonds is 8. The number of carbonyl (C=O) groups excluding carboxylic acids is 1. The van der Waals surface area contributed by atoms with Crippen molar-refractivity contribution in [3.63, 3.8) is 0 Å². The molecule has 1 amide bonds. The fourth-order valence-electron chi connectivity index (χ4n) is 4.90. The molecule has 1 fully saturated rings. The fraction of sp³-hybridized carbons (Fsp3) is 0.560. The maximum Gasteiger partial charge on any atom is 0.231 e. The number of carbonyl (C=O) groups is 1. The molecule has 1 aliphatic heterocycles. The van der Waals surface area contributed by atoms with Crippen molar-refractivity contribution >= 4 is 23.3 Å². The Balaban J connectivity index is 1.44. The van der Waals surface area contributed by atoms with Crippen molar-refractivity contribution in [3.05, 3.63) is 52.4 Å². The first kappa shape index (κ1) is 23.9. The van der Waals surface area contributed by atoms with E-state index in [-0.39, 0.29) is 17.7 Å². The molecule has 1 saturated heterocycles. The molecule has 2 aromatic rings. The second kappa shape index (κ2) is 10.8. The molecular weight excluding hydrogens is 438 g/mol. The summed E-state index contributed by atoms with van der Waals surface area (Å²) in [5.74, 6) is 1.06. The Labute approximate surface area is 201 Å². The Bertz CT molecular complexity index is 946. The summed E-state index contributed by atoms with van der Waals surface area (Å²) in [7, 11) is 0. The second-order valence-corrected chi connectivity index (χ2v) is 9.56. The molecule has 33 heavy (non-hydrogen) atoms. The molecule has 1 unspecified atom stereocenters. The predicted molar refractivity (Wildman–Crippen MR) is 131 cm³/mol. The third-order valence-electron chi connectivity index (χ3n) is 6.80. The summed E-state index contributed by atoms with van der Waals surface area (Å²) in [6, 6.07) is 7.62. The van der Waals surface area contributed by atoms with Gasteiger partial charge in [-0.15, -0.1) is 0 Å². The van der Waals surface area contributed by atoms with Crippen LogP contribution in [0.2, 0.25) is 5.02 Å². The molecule has 2 N–H and O–H groups in total. The lowest BCUT2D eigenvalue weighted by molar-refractivity contribution is -0.133. The number of nitrogens with one attached hydrogen (secondary N) is 1. The number of amides is 1. The lowest BCUT2D eigenvalue weighted by Gasteiger charge is -2.38. The summed E-state index contributed by atoms with van der Waals surface area (Å²) < 4.78 is 0. The topological polar surface area (TPSA) is 81.6 Å². The Morgan fingerprint density at radius 1 is 1.21 bits per heavy atom. The van der Waals surface area contributed by atoms with E-state index < -0.39 is 6.10 Å². The van der Waals surface area contributed by atoms with E-state index in [0.717, 1.165) is 42.0 Å². The molecule has 1 aromatic heterocycles. The third kappa shape index (κ3) is 5.31. The highest BCUT2D eigenvalue weighted by Gasteiger charge is 2.35. The number of piperazine rings is 1. The summed E-state index contributed by atoms with van der Waals surface area (Å²) >= 11 is 6.08. The minimum absolute atomic E-state index is 0.151. The van der Waals surface area contributed by atoms with Crippen molar-refractivity contribution in [1.29, 1.82) is 0 Å². The summed E-state index contributed by atoms with van der Waals surface area (Å²) in [4.78, 5) is 26.6. The van der Waals surface area contributed by atoms with E-state index in [1.54, 1.807) is 6.33 Å². The van der Waals surface area contributed by atoms with E-state index in [0.29, 0.717) is 44.2 Å². The number of nitrogens with zero attached hydrogens (tertiary/aromatic N) is 4. The number of fused-ring (bicyclic) bond motifs is 1. The lowest BCUT2D eigenvalue weighted by Crippen LogP contribution is -2.51. The van der Waals surface area contributed by atoms with Crippen LogP contribution in [0.1, 0.15) is 67.9 Å². The SMILES string of the molecule is CCCCNCC(C(=O)N1CCN(c2ncnc3c2[C@H](C)C[C@H]3O)CC1)c1ccc(Cl)cc1. The molecule has 0 saturated carbocycles. The Hall–Kier alpha value is -2.22. The maximum absolute atomic E-state index is 13.5. The predicted octanol–water partition coefficient (Wildman–Crippen LogP) is 3.49. The number of hydrogen-bond acceptors (Lipinski definition) is 6. The number of aliphatic hydroxyl groups is 1. The summed E-state index contributed by atoms with van der Waals surface area (Å²) in [6.45, 7) is 8.53. The third-order valence-corrected chi connectivity index (χ3v) is 7.05. The monoisotopic (exact) mass is 471 g/mol. The zero-order chi connectivity index (χ0) is 23.4. The maximum atomic E-state index is 13.5. The molecule has 178 valence electrons. The van der Waals surface area contributed by atoms with Crippen molar-refractivity contribution in [2.24, 2.45) is 0 Å². The van der Waals surface area contributed by atoms with Crippen LogP contribution in [0.3, 0.4) is 0 Å². The van der Waals surface area contributed by atoms with Crippen molar-refractivity contribution in [2.75, 3.05) is 44.2 Å². The van der Waals surface area contributed by atoms with E-state index >= 15 is 0 Å². The number of unbranched alkanes of at least 4 members (excludes halogenated alkanes) is 1. The summed E-state index contributed by atoms with van der Waals surface area (Å²) in [5.41, 5.74) is 2.81. The molecule has 0 spiro atoms. The molecule has 8 heteroatoms. The first-order valence-corrected chi connectivity index (χ1v) is 12.4. The lowest BCUT2D eigenvalue weighted by atomic mass is 9.97. The summed E-state index contributed by atoms with van der Waals surface area (Å²) in [5, 5.41) is 14.4. The molecule has 1 aliphatic carbocycles. The molecule has 0 bridgehead atoms. The van der Waals surface area contributed by atoms with Gasteiger partial charge >= 0.3 is 0 Å². The number of anilines is 1. The molecule has 2 heterocycles. The average molecular weight is 472 g/mol. The smallest absolute Gasteiger partial charge is 0.231 e. The zero-order valence-corrected chi connectivity index (χ0v) is 20.3. The number of benzene rings is 1.